The number of hydrogen-bond acceptors (Lipinski definition) is 5. The first kappa shape index (κ1) is 14.2. The maximum atomic E-state index is 4.99. The van der Waals surface area contributed by atoms with Gasteiger partial charge in [0.05, 0.1) is 25.0 Å². The van der Waals surface area contributed by atoms with Gasteiger partial charge < -0.3 is 10.1 Å². The molecule has 0 saturated carbocycles. The molecule has 0 radical (unpaired) electrons. The molecule has 1 N–H and O–H groups in total. The summed E-state index contributed by atoms with van der Waals surface area (Å²) >= 11 is 1.74. The Balaban J connectivity index is 1.86. The van der Waals surface area contributed by atoms with Crippen LogP contribution in [-0.2, 0) is 17.8 Å². The molecule has 6 heteroatoms. The van der Waals surface area contributed by atoms with Crippen molar-refractivity contribution >= 4 is 11.3 Å². The fourth-order valence-electron chi connectivity index (χ4n) is 1.74. The summed E-state index contributed by atoms with van der Waals surface area (Å²) < 4.78 is 6.92. The number of ether oxygens (including phenoxy) is 1. The summed E-state index contributed by atoms with van der Waals surface area (Å²) in [6.07, 6.45) is 3.96. The summed E-state index contributed by atoms with van der Waals surface area (Å²) in [6, 6.07) is 0. The van der Waals surface area contributed by atoms with Crippen LogP contribution in [0.25, 0.3) is 0 Å². The molecule has 0 unspecified atom stereocenters. The summed E-state index contributed by atoms with van der Waals surface area (Å²) in [5, 5.41) is 8.77. The Morgan fingerprint density at radius 3 is 2.95 bits per heavy atom. The van der Waals surface area contributed by atoms with Gasteiger partial charge in [-0.25, -0.2) is 4.98 Å². The highest BCUT2D eigenvalue weighted by molar-refractivity contribution is 7.11. The molecule has 19 heavy (non-hydrogen) atoms. The quantitative estimate of drug-likeness (QED) is 0.785. The maximum absolute atomic E-state index is 4.99. The Morgan fingerprint density at radius 2 is 2.26 bits per heavy atom. The minimum atomic E-state index is 0.728. The Hall–Kier alpha value is -1.24. The van der Waals surface area contributed by atoms with E-state index in [-0.39, 0.29) is 0 Å². The van der Waals surface area contributed by atoms with Gasteiger partial charge in [-0.15, -0.1) is 11.3 Å². The van der Waals surface area contributed by atoms with Crippen molar-refractivity contribution < 1.29 is 4.74 Å². The van der Waals surface area contributed by atoms with Crippen LogP contribution in [0.2, 0.25) is 0 Å². The average molecular weight is 280 g/mol. The van der Waals surface area contributed by atoms with Crippen molar-refractivity contribution in [3.8, 4) is 0 Å². The molecule has 2 aromatic heterocycles. The monoisotopic (exact) mass is 280 g/mol. The maximum Gasteiger partial charge on any atom is 0.115 e. The number of nitrogens with zero attached hydrogens (tertiary/aromatic N) is 3. The van der Waals surface area contributed by atoms with Crippen molar-refractivity contribution in [1.29, 1.82) is 0 Å². The second kappa shape index (κ2) is 6.79. The van der Waals surface area contributed by atoms with Gasteiger partial charge in [0, 0.05) is 36.8 Å². The standard InChI is InChI=1S/C13H20N4OS/c1-10-11(2)19-13(16-10)9-17-8-12(7-15-17)6-14-4-5-18-3/h7-8,14H,4-6,9H2,1-3H3. The van der Waals surface area contributed by atoms with Crippen molar-refractivity contribution in [2.45, 2.75) is 26.9 Å². The van der Waals surface area contributed by atoms with E-state index in [1.165, 1.54) is 10.4 Å². The van der Waals surface area contributed by atoms with E-state index < -0.39 is 0 Å². The first-order valence-corrected chi connectivity index (χ1v) is 7.14. The fraction of sp³-hybridized carbons (Fsp3) is 0.538. The number of aromatic nitrogens is 3. The molecule has 0 amide bonds. The van der Waals surface area contributed by atoms with E-state index in [0.717, 1.165) is 36.9 Å². The third-order valence-corrected chi connectivity index (χ3v) is 3.93. The van der Waals surface area contributed by atoms with E-state index in [4.69, 9.17) is 4.74 Å². The molecule has 0 saturated heterocycles. The number of hydrogen-bond donors (Lipinski definition) is 1. The van der Waals surface area contributed by atoms with Gasteiger partial charge in [-0.2, -0.15) is 5.10 Å². The van der Waals surface area contributed by atoms with E-state index >= 15 is 0 Å². The van der Waals surface area contributed by atoms with Crippen LogP contribution in [-0.4, -0.2) is 35.0 Å². The van der Waals surface area contributed by atoms with E-state index in [0.29, 0.717) is 0 Å². The predicted molar refractivity (Wildman–Crippen MR) is 76.5 cm³/mol. The van der Waals surface area contributed by atoms with Crippen LogP contribution in [0.15, 0.2) is 12.4 Å². The summed E-state index contributed by atoms with van der Waals surface area (Å²) in [5.41, 5.74) is 2.30. The zero-order chi connectivity index (χ0) is 13.7. The van der Waals surface area contributed by atoms with Gasteiger partial charge >= 0.3 is 0 Å². The van der Waals surface area contributed by atoms with Crippen LogP contribution in [0.5, 0.6) is 0 Å². The number of nitrogens with one attached hydrogen (secondary N) is 1. The van der Waals surface area contributed by atoms with Crippen molar-refractivity contribution in [1.82, 2.24) is 20.1 Å². The van der Waals surface area contributed by atoms with Crippen molar-refractivity contribution in [3.05, 3.63) is 33.5 Å². The van der Waals surface area contributed by atoms with Gasteiger partial charge in [-0.05, 0) is 13.8 Å². The molecule has 0 aromatic carbocycles. The minimum absolute atomic E-state index is 0.728. The van der Waals surface area contributed by atoms with Gasteiger partial charge in [-0.3, -0.25) is 4.68 Å². The highest BCUT2D eigenvalue weighted by Gasteiger charge is 2.05. The molecule has 0 bridgehead atoms. The number of rotatable bonds is 7. The van der Waals surface area contributed by atoms with Crippen molar-refractivity contribution in [2.75, 3.05) is 20.3 Å². The van der Waals surface area contributed by atoms with Crippen LogP contribution < -0.4 is 5.32 Å². The number of thiazole rings is 1. The van der Waals surface area contributed by atoms with Crippen LogP contribution in [0.3, 0.4) is 0 Å². The molecule has 2 rings (SSSR count). The second-order valence-corrected chi connectivity index (χ2v) is 5.75. The molecule has 0 aliphatic rings. The third kappa shape index (κ3) is 4.12. The molecular formula is C13H20N4OS. The largest absolute Gasteiger partial charge is 0.383 e. The molecule has 0 fully saturated rings. The van der Waals surface area contributed by atoms with E-state index in [1.807, 2.05) is 17.8 Å². The topological polar surface area (TPSA) is 52.0 Å². The molecular weight excluding hydrogens is 260 g/mol. The summed E-state index contributed by atoms with van der Waals surface area (Å²) in [5.74, 6) is 0. The van der Waals surface area contributed by atoms with Crippen LogP contribution in [0.4, 0.5) is 0 Å². The smallest absolute Gasteiger partial charge is 0.115 e. The molecule has 0 aliphatic heterocycles. The van der Waals surface area contributed by atoms with Crippen LogP contribution >= 0.6 is 11.3 Å². The van der Waals surface area contributed by atoms with Crippen molar-refractivity contribution in [3.63, 3.8) is 0 Å². The summed E-state index contributed by atoms with van der Waals surface area (Å²) in [7, 11) is 1.71. The minimum Gasteiger partial charge on any atom is -0.383 e. The van der Waals surface area contributed by atoms with Gasteiger partial charge in [0.15, 0.2) is 0 Å². The van der Waals surface area contributed by atoms with Gasteiger partial charge in [0.1, 0.15) is 5.01 Å². The Bertz CT molecular complexity index is 501. The zero-order valence-electron chi connectivity index (χ0n) is 11.6. The summed E-state index contributed by atoms with van der Waals surface area (Å²) in [4.78, 5) is 5.81. The fourth-order valence-corrected chi connectivity index (χ4v) is 2.66. The number of aryl methyl sites for hydroxylation is 2. The molecule has 104 valence electrons. The third-order valence-electron chi connectivity index (χ3n) is 2.87. The van der Waals surface area contributed by atoms with Gasteiger partial charge in [-0.1, -0.05) is 0 Å². The molecule has 0 spiro atoms. The normalized spacial score (nSPS) is 11.1. The average Bonchev–Trinajstić information content (AvgIpc) is 2.94. The number of methoxy groups -OCH3 is 1. The molecule has 2 aromatic rings. The van der Waals surface area contributed by atoms with E-state index in [9.17, 15) is 0 Å². The molecule has 0 atom stereocenters. The Morgan fingerprint density at radius 1 is 1.42 bits per heavy atom. The SMILES string of the molecule is COCCNCc1cnn(Cc2nc(C)c(C)s2)c1. The lowest BCUT2D eigenvalue weighted by Gasteiger charge is -2.01. The highest BCUT2D eigenvalue weighted by Crippen LogP contribution is 2.17. The van der Waals surface area contributed by atoms with E-state index in [2.05, 4.69) is 28.5 Å². The van der Waals surface area contributed by atoms with Gasteiger partial charge in [0.25, 0.3) is 0 Å². The molecule has 0 aliphatic carbocycles. The lowest BCUT2D eigenvalue weighted by molar-refractivity contribution is 0.199. The zero-order valence-corrected chi connectivity index (χ0v) is 12.5. The Labute approximate surface area is 117 Å². The van der Waals surface area contributed by atoms with Gasteiger partial charge in [0.2, 0.25) is 0 Å². The van der Waals surface area contributed by atoms with Crippen LogP contribution in [0.1, 0.15) is 21.1 Å². The summed E-state index contributed by atoms with van der Waals surface area (Å²) in [6.45, 7) is 7.30. The Kier molecular flexibility index (Phi) is 5.07. The first-order valence-electron chi connectivity index (χ1n) is 6.33. The van der Waals surface area contributed by atoms with E-state index in [1.54, 1.807) is 18.4 Å². The second-order valence-electron chi connectivity index (χ2n) is 4.46. The molecule has 5 nitrogen and oxygen atoms in total. The van der Waals surface area contributed by atoms with Crippen LogP contribution in [0, 0.1) is 13.8 Å². The molecule has 2 heterocycles. The lowest BCUT2D eigenvalue weighted by Crippen LogP contribution is -2.18. The van der Waals surface area contributed by atoms with Crippen molar-refractivity contribution in [2.24, 2.45) is 0 Å². The first-order chi connectivity index (χ1) is 9.19. The lowest BCUT2D eigenvalue weighted by atomic mass is 10.3. The predicted octanol–water partition coefficient (Wildman–Crippen LogP) is 1.74. The highest BCUT2D eigenvalue weighted by atomic mass is 32.1.